The van der Waals surface area contributed by atoms with Gasteiger partial charge in [-0.2, -0.15) is 0 Å². The van der Waals surface area contributed by atoms with Crippen LogP contribution >= 0.6 is 23.2 Å². The molecule has 0 aliphatic carbocycles. The van der Waals surface area contributed by atoms with Crippen LogP contribution in [0.25, 0.3) is 0 Å². The van der Waals surface area contributed by atoms with E-state index in [-0.39, 0.29) is 30.9 Å². The van der Waals surface area contributed by atoms with Gasteiger partial charge < -0.3 is 15.0 Å². The Kier molecular flexibility index (Phi) is 10.4. The number of hydrogen-bond acceptors (Lipinski definition) is 3. The summed E-state index contributed by atoms with van der Waals surface area (Å²) in [4.78, 5) is 28.8. The van der Waals surface area contributed by atoms with E-state index in [1.165, 1.54) is 0 Å². The van der Waals surface area contributed by atoms with E-state index in [0.29, 0.717) is 34.3 Å². The zero-order chi connectivity index (χ0) is 26.9. The van der Waals surface area contributed by atoms with Crippen molar-refractivity contribution >= 4 is 35.0 Å². The van der Waals surface area contributed by atoms with Gasteiger partial charge in [0.25, 0.3) is 5.91 Å². The Morgan fingerprint density at radius 1 is 0.973 bits per heavy atom. The molecule has 37 heavy (non-hydrogen) atoms. The molecule has 1 unspecified atom stereocenters. The van der Waals surface area contributed by atoms with Crippen molar-refractivity contribution in [1.29, 1.82) is 0 Å². The molecule has 196 valence electrons. The Morgan fingerprint density at radius 3 is 2.35 bits per heavy atom. The molecule has 2 amide bonds. The molecule has 0 bridgehead atoms. The number of aryl methyl sites for hydroxylation is 2. The Labute approximate surface area is 229 Å². The standard InChI is InChI=1S/C30H34Cl2N2O3/c1-20(2)17-33-30(36)27(15-23-8-6-5-7-9-23)34(18-24-11-12-25(31)16-26(24)32)29(35)19-37-28-13-10-21(3)14-22(28)4/h5-14,16,20,27H,15,17-19H2,1-4H3,(H,33,36). The molecule has 3 rings (SSSR count). The summed E-state index contributed by atoms with van der Waals surface area (Å²) in [7, 11) is 0. The van der Waals surface area contributed by atoms with Crippen LogP contribution < -0.4 is 10.1 Å². The van der Waals surface area contributed by atoms with E-state index in [4.69, 9.17) is 27.9 Å². The summed E-state index contributed by atoms with van der Waals surface area (Å²) in [6.07, 6.45) is 0.352. The lowest BCUT2D eigenvalue weighted by molar-refractivity contribution is -0.142. The SMILES string of the molecule is Cc1ccc(OCC(=O)N(Cc2ccc(Cl)cc2Cl)C(Cc2ccccc2)C(=O)NCC(C)C)c(C)c1. The van der Waals surface area contributed by atoms with Gasteiger partial charge in [0.2, 0.25) is 5.91 Å². The van der Waals surface area contributed by atoms with E-state index in [1.54, 1.807) is 23.1 Å². The molecular formula is C30H34Cl2N2O3. The molecule has 1 N–H and O–H groups in total. The lowest BCUT2D eigenvalue weighted by Gasteiger charge is -2.32. The number of rotatable bonds is 11. The van der Waals surface area contributed by atoms with Crippen molar-refractivity contribution in [2.75, 3.05) is 13.2 Å². The summed E-state index contributed by atoms with van der Waals surface area (Å²) in [5, 5.41) is 3.94. The fourth-order valence-corrected chi connectivity index (χ4v) is 4.46. The van der Waals surface area contributed by atoms with Crippen LogP contribution in [0.15, 0.2) is 66.7 Å². The van der Waals surface area contributed by atoms with Gasteiger partial charge in [0, 0.05) is 29.6 Å². The lowest BCUT2D eigenvalue weighted by Crippen LogP contribution is -2.52. The predicted octanol–water partition coefficient (Wildman–Crippen LogP) is 6.40. The number of hydrogen-bond donors (Lipinski definition) is 1. The molecule has 0 fully saturated rings. The maximum absolute atomic E-state index is 13.7. The fourth-order valence-electron chi connectivity index (χ4n) is 3.99. The average Bonchev–Trinajstić information content (AvgIpc) is 2.85. The second-order valence-corrected chi connectivity index (χ2v) is 10.5. The van der Waals surface area contributed by atoms with Crippen LogP contribution in [0.1, 0.15) is 36.1 Å². The van der Waals surface area contributed by atoms with Gasteiger partial charge in [0.15, 0.2) is 6.61 Å². The van der Waals surface area contributed by atoms with Gasteiger partial charge in [-0.05, 0) is 54.7 Å². The van der Waals surface area contributed by atoms with Gasteiger partial charge in [0.05, 0.1) is 0 Å². The van der Waals surface area contributed by atoms with Crippen molar-refractivity contribution in [3.05, 3.63) is 99.0 Å². The summed E-state index contributed by atoms with van der Waals surface area (Å²) in [6.45, 7) is 8.43. The van der Waals surface area contributed by atoms with E-state index in [0.717, 1.165) is 16.7 Å². The molecule has 7 heteroatoms. The van der Waals surface area contributed by atoms with Crippen molar-refractivity contribution in [1.82, 2.24) is 10.2 Å². The molecule has 0 radical (unpaired) electrons. The molecule has 5 nitrogen and oxygen atoms in total. The molecule has 0 spiro atoms. The van der Waals surface area contributed by atoms with Gasteiger partial charge in [-0.25, -0.2) is 0 Å². The van der Waals surface area contributed by atoms with Gasteiger partial charge in [-0.3, -0.25) is 9.59 Å². The minimum Gasteiger partial charge on any atom is -0.483 e. The van der Waals surface area contributed by atoms with Crippen LogP contribution in [0.3, 0.4) is 0 Å². The largest absolute Gasteiger partial charge is 0.483 e. The summed E-state index contributed by atoms with van der Waals surface area (Å²) >= 11 is 12.6. The lowest BCUT2D eigenvalue weighted by atomic mass is 10.0. The maximum atomic E-state index is 13.7. The number of carbonyl (C=O) groups excluding carboxylic acids is 2. The highest BCUT2D eigenvalue weighted by molar-refractivity contribution is 6.35. The molecule has 3 aromatic rings. The highest BCUT2D eigenvalue weighted by atomic mass is 35.5. The van der Waals surface area contributed by atoms with Crippen molar-refractivity contribution in [2.24, 2.45) is 5.92 Å². The molecule has 0 aliphatic rings. The molecule has 3 aromatic carbocycles. The second kappa shape index (κ2) is 13.5. The zero-order valence-corrected chi connectivity index (χ0v) is 23.3. The van der Waals surface area contributed by atoms with Crippen LogP contribution in [0.5, 0.6) is 5.75 Å². The van der Waals surface area contributed by atoms with Gasteiger partial charge in [-0.1, -0.05) is 91.1 Å². The monoisotopic (exact) mass is 540 g/mol. The third-order valence-electron chi connectivity index (χ3n) is 5.99. The quantitative estimate of drug-likeness (QED) is 0.306. The molecule has 0 heterocycles. The maximum Gasteiger partial charge on any atom is 0.261 e. The number of nitrogens with one attached hydrogen (secondary N) is 1. The Morgan fingerprint density at radius 2 is 1.70 bits per heavy atom. The third-order valence-corrected chi connectivity index (χ3v) is 6.58. The number of halogens is 2. The Bertz CT molecular complexity index is 1210. The highest BCUT2D eigenvalue weighted by Gasteiger charge is 2.31. The predicted molar refractivity (Wildman–Crippen MR) is 150 cm³/mol. The molecule has 0 saturated carbocycles. The van der Waals surface area contributed by atoms with E-state index in [2.05, 4.69) is 5.32 Å². The van der Waals surface area contributed by atoms with E-state index in [9.17, 15) is 9.59 Å². The number of amides is 2. The number of carbonyl (C=O) groups is 2. The van der Waals surface area contributed by atoms with Crippen LogP contribution in [0.2, 0.25) is 10.0 Å². The second-order valence-electron chi connectivity index (χ2n) is 9.66. The summed E-state index contributed by atoms with van der Waals surface area (Å²) in [6, 6.07) is 19.8. The van der Waals surface area contributed by atoms with Crippen molar-refractivity contribution in [2.45, 2.75) is 46.7 Å². The number of ether oxygens (including phenoxy) is 1. The van der Waals surface area contributed by atoms with Crippen molar-refractivity contribution in [3.8, 4) is 5.75 Å². The number of nitrogens with zero attached hydrogens (tertiary/aromatic N) is 1. The van der Waals surface area contributed by atoms with Crippen LogP contribution in [0.4, 0.5) is 0 Å². The average molecular weight is 542 g/mol. The summed E-state index contributed by atoms with van der Waals surface area (Å²) in [5.41, 5.74) is 3.69. The third kappa shape index (κ3) is 8.51. The van der Waals surface area contributed by atoms with Crippen molar-refractivity contribution < 1.29 is 14.3 Å². The van der Waals surface area contributed by atoms with Crippen LogP contribution in [0, 0.1) is 19.8 Å². The molecule has 0 saturated heterocycles. The van der Waals surface area contributed by atoms with Gasteiger partial charge in [-0.15, -0.1) is 0 Å². The van der Waals surface area contributed by atoms with Gasteiger partial charge in [0.1, 0.15) is 11.8 Å². The first-order chi connectivity index (χ1) is 17.6. The first-order valence-electron chi connectivity index (χ1n) is 12.4. The molecule has 0 aromatic heterocycles. The van der Waals surface area contributed by atoms with Gasteiger partial charge >= 0.3 is 0 Å². The van der Waals surface area contributed by atoms with E-state index >= 15 is 0 Å². The smallest absolute Gasteiger partial charge is 0.261 e. The topological polar surface area (TPSA) is 58.6 Å². The first kappa shape index (κ1) is 28.5. The highest BCUT2D eigenvalue weighted by Crippen LogP contribution is 2.25. The number of benzene rings is 3. The summed E-state index contributed by atoms with van der Waals surface area (Å²) < 4.78 is 5.92. The molecule has 1 atom stereocenters. The first-order valence-corrected chi connectivity index (χ1v) is 13.1. The van der Waals surface area contributed by atoms with Crippen LogP contribution in [-0.4, -0.2) is 35.9 Å². The summed E-state index contributed by atoms with van der Waals surface area (Å²) in [5.74, 6) is 0.366. The minimum atomic E-state index is -0.761. The minimum absolute atomic E-state index is 0.137. The van der Waals surface area contributed by atoms with Crippen molar-refractivity contribution in [3.63, 3.8) is 0 Å². The Hall–Kier alpha value is -3.02. The zero-order valence-electron chi connectivity index (χ0n) is 21.8. The van der Waals surface area contributed by atoms with E-state index < -0.39 is 6.04 Å². The van der Waals surface area contributed by atoms with E-state index in [1.807, 2.05) is 76.2 Å². The normalized spacial score (nSPS) is 11.8. The molecular weight excluding hydrogens is 507 g/mol. The fraction of sp³-hybridized carbons (Fsp3) is 0.333. The molecule has 0 aliphatic heterocycles. The van der Waals surface area contributed by atoms with Crippen LogP contribution in [-0.2, 0) is 22.6 Å². The Balaban J connectivity index is 1.94.